The summed E-state index contributed by atoms with van der Waals surface area (Å²) in [4.78, 5) is 42.3. The molecule has 1 aromatic carbocycles. The van der Waals surface area contributed by atoms with E-state index in [9.17, 15) is 27.5 Å². The van der Waals surface area contributed by atoms with Gasteiger partial charge < -0.3 is 14.6 Å². The number of anilines is 1. The molecule has 1 amide bonds. The first kappa shape index (κ1) is 45.5. The van der Waals surface area contributed by atoms with Crippen LogP contribution < -0.4 is 19.7 Å². The number of amides is 1. The Bertz CT molecular complexity index is 2810. The van der Waals surface area contributed by atoms with Gasteiger partial charge in [0.05, 0.1) is 17.8 Å². The summed E-state index contributed by atoms with van der Waals surface area (Å²) in [5.74, 6) is 1.99. The minimum atomic E-state index is -4.60. The molecule has 3 saturated carbocycles. The molecule has 3 atom stereocenters. The number of rotatable bonds is 14. The highest BCUT2D eigenvalue weighted by Gasteiger charge is 2.50. The first-order valence-electron chi connectivity index (χ1n) is 25.0. The summed E-state index contributed by atoms with van der Waals surface area (Å²) in [6.45, 7) is 3.38. The maximum absolute atomic E-state index is 14.0. The number of aromatic amines is 1. The molecule has 4 aliphatic carbocycles. The van der Waals surface area contributed by atoms with E-state index < -0.39 is 47.7 Å². The number of ether oxygens (including phenoxy) is 1. The number of carbonyl (C=O) groups excluding carboxylic acids is 1. The normalized spacial score (nSPS) is 28.3. The van der Waals surface area contributed by atoms with Crippen LogP contribution in [0.2, 0.25) is 0 Å². The summed E-state index contributed by atoms with van der Waals surface area (Å²) < 4.78 is 53.4. The number of nitrogens with one attached hydrogen (secondary N) is 3. The Morgan fingerprint density at radius 1 is 1.03 bits per heavy atom. The number of sulfonamides is 1. The Kier molecular flexibility index (Phi) is 12.3. The second kappa shape index (κ2) is 18.4. The number of hydrogen-bond acceptors (Lipinski definition) is 13. The smallest absolute Gasteiger partial charge is 0.268 e. The van der Waals surface area contributed by atoms with Crippen LogP contribution in [0.3, 0.4) is 0 Å². The maximum atomic E-state index is 14.0. The van der Waals surface area contributed by atoms with E-state index in [4.69, 9.17) is 4.74 Å². The molecule has 0 radical (unpaired) electrons. The number of likely N-dealkylation sites (tertiary alicyclic amines) is 1. The lowest BCUT2D eigenvalue weighted by atomic mass is 9.59. The van der Waals surface area contributed by atoms with E-state index in [0.29, 0.717) is 46.9 Å². The number of hydrogen-bond donors (Lipinski definition) is 3. The van der Waals surface area contributed by atoms with Crippen molar-refractivity contribution >= 4 is 48.6 Å². The molecule has 16 nitrogen and oxygen atoms in total. The summed E-state index contributed by atoms with van der Waals surface area (Å²) in [5.41, 5.74) is 5.25. The third kappa shape index (κ3) is 9.41. The predicted molar refractivity (Wildman–Crippen MR) is 264 cm³/mol. The van der Waals surface area contributed by atoms with Crippen molar-refractivity contribution in [1.82, 2.24) is 24.9 Å². The lowest BCUT2D eigenvalue weighted by molar-refractivity contribution is -0.513. The van der Waals surface area contributed by atoms with Crippen molar-refractivity contribution in [2.45, 2.75) is 127 Å². The van der Waals surface area contributed by atoms with Gasteiger partial charge in [-0.2, -0.15) is 0 Å². The Morgan fingerprint density at radius 3 is 2.59 bits per heavy atom. The average Bonchev–Trinajstić information content (AvgIpc) is 3.87. The first-order chi connectivity index (χ1) is 32.9. The highest BCUT2D eigenvalue weighted by molar-refractivity contribution is 7.95. The van der Waals surface area contributed by atoms with Gasteiger partial charge in [-0.05, 0) is 156 Å². The number of benzene rings is 1. The third-order valence-corrected chi connectivity index (χ3v) is 20.1. The quantitative estimate of drug-likeness (QED) is 0.106. The van der Waals surface area contributed by atoms with Crippen molar-refractivity contribution in [3.05, 3.63) is 92.7 Å². The lowest BCUT2D eigenvalue weighted by Gasteiger charge is -2.56. The molecule has 18 heteroatoms. The van der Waals surface area contributed by atoms with Gasteiger partial charge in [0.1, 0.15) is 22.1 Å². The standard InChI is InChI=1S/C50H63N9O7S2/c60-49(56-68(64,65)40-27-45(59(61)62)48(54-32-40)52-30-33-8-12-36(13-9-33)55-67(63)23-4-24-67)43-15-14-37(26-46(43)66-39-25-35-16-19-51-47(35)53-31-39)57-21-17-50(18-22-57)28-38(29-50)58-20-3-7-44(58)42-6-2-1-5-41(42)34-10-11-34/h1,5,14-16,19,25-27,31-34,36,38,44-45,48,52H,2-4,6-13,17-18,20-24,28-30H2,(H,51,53)(H,56,60)/t33?,36?,44-,45?,48?/m0/s1. The fraction of sp³-hybridized carbons (Fsp3) is 0.580. The van der Waals surface area contributed by atoms with E-state index in [-0.39, 0.29) is 23.3 Å². The SMILES string of the molecule is O=C(NS(=O)(=O)C1=CC([N+](=O)[O-])C(NCC2CCC(N=S3(=O)CCC3)CC2)N=C1)c1ccc(N2CCC3(CC2)CC(N2CCC[C@H]2C2=C(C4CC4)C=CCC2)C3)cc1Oc1cnc2[nH]ccc2c1. The van der Waals surface area contributed by atoms with E-state index in [1.807, 2.05) is 12.1 Å². The predicted octanol–water partition coefficient (Wildman–Crippen LogP) is 7.64. The van der Waals surface area contributed by atoms with Crippen LogP contribution in [-0.2, 0) is 19.8 Å². The lowest BCUT2D eigenvalue weighted by Crippen LogP contribution is -2.56. The highest BCUT2D eigenvalue weighted by atomic mass is 32.2. The van der Waals surface area contributed by atoms with Crippen LogP contribution >= 0.6 is 0 Å². The van der Waals surface area contributed by atoms with E-state index >= 15 is 0 Å². The minimum Gasteiger partial charge on any atom is -0.455 e. The van der Waals surface area contributed by atoms with Crippen LogP contribution in [0.1, 0.15) is 107 Å². The molecule has 11 rings (SSSR count). The average molecular weight is 966 g/mol. The Morgan fingerprint density at radius 2 is 1.84 bits per heavy atom. The molecule has 1 spiro atoms. The van der Waals surface area contributed by atoms with Gasteiger partial charge in [0.2, 0.25) is 0 Å². The number of aromatic nitrogens is 2. The Balaban J connectivity index is 0.749. The summed E-state index contributed by atoms with van der Waals surface area (Å²) >= 11 is 0. The molecular weight excluding hydrogens is 903 g/mol. The first-order valence-corrected chi connectivity index (χ1v) is 28.3. The number of H-pyrrole nitrogens is 1. The van der Waals surface area contributed by atoms with Gasteiger partial charge in [0.15, 0.2) is 6.17 Å². The molecule has 2 unspecified atom stereocenters. The van der Waals surface area contributed by atoms with E-state index in [0.717, 1.165) is 87.3 Å². The van der Waals surface area contributed by atoms with Gasteiger partial charge in [-0.1, -0.05) is 12.2 Å². The van der Waals surface area contributed by atoms with Crippen LogP contribution in [0.5, 0.6) is 11.5 Å². The molecule has 68 heavy (non-hydrogen) atoms. The zero-order valence-electron chi connectivity index (χ0n) is 38.6. The molecule has 6 heterocycles. The number of nitro groups is 1. The maximum Gasteiger partial charge on any atom is 0.268 e. The van der Waals surface area contributed by atoms with Crippen LogP contribution in [0.4, 0.5) is 5.69 Å². The largest absolute Gasteiger partial charge is 0.455 e. The topological polar surface area (TPSA) is 205 Å². The molecular formula is C50H63N9O7S2. The van der Waals surface area contributed by atoms with Crippen molar-refractivity contribution in [1.29, 1.82) is 0 Å². The number of fused-ring (bicyclic) bond motifs is 1. The van der Waals surface area contributed by atoms with Gasteiger partial charge in [-0.15, -0.1) is 0 Å². The minimum absolute atomic E-state index is 0.0175. The number of pyridine rings is 1. The van der Waals surface area contributed by atoms with Gasteiger partial charge >= 0.3 is 0 Å². The zero-order chi connectivity index (χ0) is 46.6. The molecule has 362 valence electrons. The number of aliphatic imine (C=N–C) groups is 1. The van der Waals surface area contributed by atoms with Crippen molar-refractivity contribution in [2.75, 3.05) is 42.6 Å². The Hall–Kier alpha value is -4.91. The van der Waals surface area contributed by atoms with Crippen molar-refractivity contribution < 1.29 is 27.1 Å². The van der Waals surface area contributed by atoms with Crippen LogP contribution in [0, 0.1) is 27.4 Å². The van der Waals surface area contributed by atoms with Crippen molar-refractivity contribution in [3.63, 3.8) is 0 Å². The number of nitrogens with zero attached hydrogens (tertiary/aromatic N) is 6. The fourth-order valence-corrected chi connectivity index (χ4v) is 14.9. The second-order valence-electron chi connectivity index (χ2n) is 20.7. The van der Waals surface area contributed by atoms with Crippen LogP contribution in [0.15, 0.2) is 86.4 Å². The number of allylic oxidation sites excluding steroid dienone is 4. The monoisotopic (exact) mass is 965 g/mol. The zero-order valence-corrected chi connectivity index (χ0v) is 40.2. The second-order valence-corrected chi connectivity index (χ2v) is 25.0. The molecule has 8 aliphatic rings. The third-order valence-electron chi connectivity index (χ3n) is 16.3. The van der Waals surface area contributed by atoms with E-state index in [2.05, 4.69) is 51.3 Å². The van der Waals surface area contributed by atoms with Crippen molar-refractivity contribution in [2.24, 2.45) is 26.6 Å². The molecule has 2 aromatic heterocycles. The van der Waals surface area contributed by atoms with E-state index in [1.54, 1.807) is 41.7 Å². The molecule has 3 saturated heterocycles. The van der Waals surface area contributed by atoms with Gasteiger partial charge in [-0.3, -0.25) is 30.1 Å². The van der Waals surface area contributed by atoms with Gasteiger partial charge in [0, 0.05) is 93.5 Å². The molecule has 0 bridgehead atoms. The number of carbonyl (C=O) groups is 1. The number of piperidine rings is 1. The van der Waals surface area contributed by atoms with E-state index in [1.165, 1.54) is 57.9 Å². The van der Waals surface area contributed by atoms with Gasteiger partial charge in [-0.25, -0.2) is 26.7 Å². The fourth-order valence-electron chi connectivity index (χ4n) is 12.2. The summed E-state index contributed by atoms with van der Waals surface area (Å²) in [6, 6.07) is 8.73. The summed E-state index contributed by atoms with van der Waals surface area (Å²) in [6.07, 6.45) is 25.9. The van der Waals surface area contributed by atoms with Crippen molar-refractivity contribution in [3.8, 4) is 11.5 Å². The molecule has 4 aliphatic heterocycles. The van der Waals surface area contributed by atoms with Crippen LogP contribution in [-0.4, -0.2) is 113 Å². The molecule has 3 aromatic rings. The highest BCUT2D eigenvalue weighted by Crippen LogP contribution is 2.54. The Labute approximate surface area is 398 Å². The molecule has 3 N–H and O–H groups in total. The summed E-state index contributed by atoms with van der Waals surface area (Å²) in [5, 5.41) is 16.3. The molecule has 6 fully saturated rings. The summed E-state index contributed by atoms with van der Waals surface area (Å²) in [7, 11) is -6.61. The number of dihydropyridines is 1. The van der Waals surface area contributed by atoms with Crippen LogP contribution in [0.25, 0.3) is 11.0 Å². The van der Waals surface area contributed by atoms with Gasteiger partial charge in [0.25, 0.3) is 22.0 Å².